The molecule has 0 saturated carbocycles. The monoisotopic (exact) mass is 541 g/mol. The van der Waals surface area contributed by atoms with Crippen molar-refractivity contribution < 1.29 is 9.53 Å². The maximum atomic E-state index is 13.3. The molecule has 1 aliphatic heterocycles. The summed E-state index contributed by atoms with van der Waals surface area (Å²) in [6.45, 7) is 5.91. The number of carbonyl (C=O) groups is 1. The Kier molecular flexibility index (Phi) is 7.66. The highest BCUT2D eigenvalue weighted by Gasteiger charge is 2.52. The van der Waals surface area contributed by atoms with Crippen molar-refractivity contribution in [3.8, 4) is 11.8 Å². The Morgan fingerprint density at radius 3 is 1.89 bits per heavy atom. The first-order valence-corrected chi connectivity index (χ1v) is 12.7. The summed E-state index contributed by atoms with van der Waals surface area (Å²) in [6, 6.07) is 21.9. The van der Waals surface area contributed by atoms with Crippen molar-refractivity contribution in [1.82, 2.24) is 10.6 Å². The predicted molar refractivity (Wildman–Crippen MR) is 143 cm³/mol. The minimum absolute atomic E-state index is 0.353. The summed E-state index contributed by atoms with van der Waals surface area (Å²) in [6.07, 6.45) is 0. The van der Waals surface area contributed by atoms with Gasteiger partial charge in [0, 0.05) is 15.6 Å². The van der Waals surface area contributed by atoms with Crippen LogP contribution in [0.4, 0.5) is 0 Å². The Balaban J connectivity index is 1.92. The molecule has 0 aromatic heterocycles. The van der Waals surface area contributed by atoms with Gasteiger partial charge in [0.1, 0.15) is 5.75 Å². The molecule has 0 spiro atoms. The van der Waals surface area contributed by atoms with E-state index in [0.29, 0.717) is 28.0 Å². The third-order valence-corrected chi connectivity index (χ3v) is 7.30. The molecule has 1 fully saturated rings. The highest BCUT2D eigenvalue weighted by atomic mass is 35.5. The molecule has 8 heteroatoms. The number of hydrogen-bond donors (Lipinski definition) is 2. The van der Waals surface area contributed by atoms with Gasteiger partial charge in [0.2, 0.25) is 0 Å². The topological polar surface area (TPSA) is 74.1 Å². The van der Waals surface area contributed by atoms with E-state index in [1.807, 2.05) is 81.4 Å². The maximum Gasteiger partial charge on any atom is 0.261 e. The van der Waals surface area contributed by atoms with Gasteiger partial charge in [0.05, 0.1) is 30.2 Å². The summed E-state index contributed by atoms with van der Waals surface area (Å²) in [5.74, 6) is 0.496. The van der Waals surface area contributed by atoms with Gasteiger partial charge in [-0.2, -0.15) is 5.26 Å². The number of nitriles is 1. The largest absolute Gasteiger partial charge is 0.493 e. The first-order chi connectivity index (χ1) is 17.1. The van der Waals surface area contributed by atoms with Gasteiger partial charge in [-0.3, -0.25) is 15.4 Å². The summed E-state index contributed by atoms with van der Waals surface area (Å²) < 4.78 is 5.93. The summed E-state index contributed by atoms with van der Waals surface area (Å²) in [4.78, 5) is 13.3. The molecule has 0 aliphatic carbocycles. The molecule has 1 aliphatic rings. The lowest BCUT2D eigenvalue weighted by Gasteiger charge is -2.30. The molecule has 4 rings (SSSR count). The van der Waals surface area contributed by atoms with Crippen LogP contribution >= 0.6 is 34.8 Å². The number of rotatable bonds is 7. The van der Waals surface area contributed by atoms with Crippen LogP contribution in [-0.4, -0.2) is 11.8 Å². The van der Waals surface area contributed by atoms with Crippen molar-refractivity contribution in [3.63, 3.8) is 0 Å². The minimum Gasteiger partial charge on any atom is -0.493 e. The van der Waals surface area contributed by atoms with E-state index in [1.165, 1.54) is 0 Å². The van der Waals surface area contributed by atoms with Crippen LogP contribution < -0.4 is 15.4 Å². The third-order valence-electron chi connectivity index (χ3n) is 6.52. The number of hydrogen-bond acceptors (Lipinski definition) is 5. The molecule has 2 N–H and O–H groups in total. The number of nitrogens with one attached hydrogen (secondary N) is 2. The maximum absolute atomic E-state index is 13.3. The molecule has 3 atom stereocenters. The second kappa shape index (κ2) is 10.4. The molecule has 5 nitrogen and oxygen atoms in total. The lowest BCUT2D eigenvalue weighted by Crippen LogP contribution is -2.51. The summed E-state index contributed by atoms with van der Waals surface area (Å²) in [5.41, 5.74) is 0.793. The van der Waals surface area contributed by atoms with E-state index < -0.39 is 16.3 Å². The lowest BCUT2D eigenvalue weighted by atomic mass is 9.83. The van der Waals surface area contributed by atoms with Crippen molar-refractivity contribution >= 4 is 40.0 Å². The van der Waals surface area contributed by atoms with E-state index >= 15 is 0 Å². The van der Waals surface area contributed by atoms with Crippen LogP contribution in [0.1, 0.15) is 55.1 Å². The van der Waals surface area contributed by atoms with Gasteiger partial charge >= 0.3 is 0 Å². The Hall–Kier alpha value is -2.59. The zero-order valence-corrected chi connectivity index (χ0v) is 22.4. The van der Waals surface area contributed by atoms with Gasteiger partial charge in [0.15, 0.2) is 5.66 Å². The van der Waals surface area contributed by atoms with E-state index in [0.717, 1.165) is 16.7 Å². The van der Waals surface area contributed by atoms with Crippen LogP contribution in [0, 0.1) is 11.3 Å². The van der Waals surface area contributed by atoms with Crippen LogP contribution in [0.25, 0.3) is 0 Å². The van der Waals surface area contributed by atoms with Crippen molar-refractivity contribution in [2.24, 2.45) is 0 Å². The van der Waals surface area contributed by atoms with Crippen molar-refractivity contribution in [2.45, 2.75) is 43.9 Å². The zero-order chi connectivity index (χ0) is 26.1. The lowest BCUT2D eigenvalue weighted by molar-refractivity contribution is -0.118. The molecule has 36 heavy (non-hydrogen) atoms. The standard InChI is InChI=1S/C28H26Cl3N3O2/c1-4-36-23-14-9-19(27(2,3)16-32)15-22(23)28(26(31)35)33-24(17-5-10-20(29)11-6-17)25(34-28)18-7-12-21(30)13-8-18/h5-15,24-25,33-34H,4H2,1-3H3/t24-,25+,28?. The molecule has 0 amide bonds. The molecule has 1 unspecified atom stereocenters. The molecule has 3 aromatic rings. The van der Waals surface area contributed by atoms with Gasteiger partial charge in [-0.05, 0) is 85.5 Å². The Bertz CT molecular complexity index is 1250. The van der Waals surface area contributed by atoms with Crippen molar-refractivity contribution in [3.05, 3.63) is 99.0 Å². The average Bonchev–Trinajstić information content (AvgIpc) is 3.27. The zero-order valence-electron chi connectivity index (χ0n) is 20.1. The van der Waals surface area contributed by atoms with E-state index in [9.17, 15) is 10.1 Å². The Labute approximate surface area is 226 Å². The number of nitrogens with zero attached hydrogens (tertiary/aromatic N) is 1. The molecular weight excluding hydrogens is 517 g/mol. The SMILES string of the molecule is CCOc1ccc(C(C)(C)C#N)cc1C1(C(=O)Cl)N[C@H](c2ccc(Cl)cc2)[C@H](c2ccc(Cl)cc2)N1. The number of halogens is 3. The van der Waals surface area contributed by atoms with Crippen LogP contribution in [-0.2, 0) is 15.9 Å². The van der Waals surface area contributed by atoms with E-state index in [4.69, 9.17) is 39.5 Å². The highest BCUT2D eigenvalue weighted by Crippen LogP contribution is 2.45. The second-order valence-corrected chi connectivity index (χ2v) is 10.5. The van der Waals surface area contributed by atoms with Gasteiger partial charge < -0.3 is 4.74 Å². The van der Waals surface area contributed by atoms with Crippen molar-refractivity contribution in [1.29, 1.82) is 5.26 Å². The summed E-state index contributed by atoms with van der Waals surface area (Å²) in [7, 11) is 0. The van der Waals surface area contributed by atoms with E-state index in [-0.39, 0.29) is 12.1 Å². The highest BCUT2D eigenvalue weighted by molar-refractivity contribution is 6.65. The van der Waals surface area contributed by atoms with Gasteiger partial charge in [-0.25, -0.2) is 0 Å². The molecule has 1 heterocycles. The first kappa shape index (κ1) is 26.5. The summed E-state index contributed by atoms with van der Waals surface area (Å²) in [5, 5.41) is 17.3. The fourth-order valence-corrected chi connectivity index (χ4v) is 4.96. The quantitative estimate of drug-likeness (QED) is 0.322. The van der Waals surface area contributed by atoms with Crippen LogP contribution in [0.2, 0.25) is 10.0 Å². The molecular formula is C28H26Cl3N3O2. The Morgan fingerprint density at radius 2 is 1.47 bits per heavy atom. The fraction of sp³-hybridized carbons (Fsp3) is 0.286. The minimum atomic E-state index is -1.50. The number of benzene rings is 3. The van der Waals surface area contributed by atoms with Gasteiger partial charge in [-0.1, -0.05) is 53.5 Å². The van der Waals surface area contributed by atoms with Gasteiger partial charge in [-0.15, -0.1) is 0 Å². The second-order valence-electron chi connectivity index (χ2n) is 9.25. The molecule has 0 bridgehead atoms. The first-order valence-electron chi connectivity index (χ1n) is 11.6. The smallest absolute Gasteiger partial charge is 0.261 e. The van der Waals surface area contributed by atoms with Crippen LogP contribution in [0.3, 0.4) is 0 Å². The van der Waals surface area contributed by atoms with E-state index in [1.54, 1.807) is 6.07 Å². The molecule has 1 saturated heterocycles. The summed E-state index contributed by atoms with van der Waals surface area (Å²) >= 11 is 18.7. The van der Waals surface area contributed by atoms with Crippen molar-refractivity contribution in [2.75, 3.05) is 6.61 Å². The Morgan fingerprint density at radius 1 is 0.972 bits per heavy atom. The average molecular weight is 543 g/mol. The van der Waals surface area contributed by atoms with Crippen LogP contribution in [0.5, 0.6) is 5.75 Å². The fourth-order valence-electron chi connectivity index (χ4n) is 4.50. The normalized spacial score (nSPS) is 21.7. The predicted octanol–water partition coefficient (Wildman–Crippen LogP) is 6.79. The molecule has 186 valence electrons. The third kappa shape index (κ3) is 4.98. The van der Waals surface area contributed by atoms with E-state index in [2.05, 4.69) is 16.7 Å². The van der Waals surface area contributed by atoms with Gasteiger partial charge in [0.25, 0.3) is 5.24 Å². The number of carbonyl (C=O) groups excluding carboxylic acids is 1. The van der Waals surface area contributed by atoms with Crippen LogP contribution in [0.15, 0.2) is 66.7 Å². The molecule has 0 radical (unpaired) electrons. The molecule has 3 aromatic carbocycles. The number of ether oxygens (including phenoxy) is 1.